The lowest BCUT2D eigenvalue weighted by atomic mass is 9.99. The van der Waals surface area contributed by atoms with E-state index < -0.39 is 0 Å². The highest BCUT2D eigenvalue weighted by Crippen LogP contribution is 2.39. The van der Waals surface area contributed by atoms with Gasteiger partial charge >= 0.3 is 0 Å². The van der Waals surface area contributed by atoms with Crippen molar-refractivity contribution in [3.63, 3.8) is 0 Å². The van der Waals surface area contributed by atoms with Crippen LogP contribution in [0.2, 0.25) is 0 Å². The minimum Gasteiger partial charge on any atom is -0.309 e. The summed E-state index contributed by atoms with van der Waals surface area (Å²) in [4.78, 5) is 1.46. The third kappa shape index (κ3) is 2.92. The van der Waals surface area contributed by atoms with Gasteiger partial charge in [-0.3, -0.25) is 0 Å². The summed E-state index contributed by atoms with van der Waals surface area (Å²) in [6, 6.07) is 20.1. The minimum atomic E-state index is 0.467. The molecule has 0 saturated carbocycles. The average molecular weight is 283 g/mol. The molecule has 0 spiro atoms. The first-order valence-electron chi connectivity index (χ1n) is 7.38. The summed E-state index contributed by atoms with van der Waals surface area (Å²) >= 11 is 1.99. The topological polar surface area (TPSA) is 12.0 Å². The van der Waals surface area contributed by atoms with Gasteiger partial charge in [0.05, 0.1) is 0 Å². The van der Waals surface area contributed by atoms with Gasteiger partial charge in [0.1, 0.15) is 0 Å². The summed E-state index contributed by atoms with van der Waals surface area (Å²) in [7, 11) is 0. The zero-order chi connectivity index (χ0) is 13.8. The highest BCUT2D eigenvalue weighted by molar-refractivity contribution is 7.99. The van der Waals surface area contributed by atoms with E-state index in [2.05, 4.69) is 66.8 Å². The quantitative estimate of drug-likeness (QED) is 0.859. The van der Waals surface area contributed by atoms with E-state index in [0.717, 1.165) is 13.0 Å². The molecule has 0 radical (unpaired) electrons. The van der Waals surface area contributed by atoms with Crippen LogP contribution in [0, 0.1) is 0 Å². The van der Waals surface area contributed by atoms with Crippen molar-refractivity contribution < 1.29 is 0 Å². The second-order valence-corrected chi connectivity index (χ2v) is 6.39. The van der Waals surface area contributed by atoms with Crippen LogP contribution in [0.25, 0.3) is 0 Å². The van der Waals surface area contributed by atoms with Crippen LogP contribution in [0.15, 0.2) is 59.5 Å². The van der Waals surface area contributed by atoms with Gasteiger partial charge in [0.25, 0.3) is 0 Å². The fraction of sp³-hybridized carbons (Fsp3) is 0.333. The third-order valence-corrected chi connectivity index (χ3v) is 5.27. The maximum Gasteiger partial charge on any atom is 0.0317 e. The van der Waals surface area contributed by atoms with Crippen molar-refractivity contribution in [1.82, 2.24) is 5.32 Å². The average Bonchev–Trinajstić information content (AvgIpc) is 2.92. The van der Waals surface area contributed by atoms with Crippen LogP contribution in [0.1, 0.15) is 36.4 Å². The predicted octanol–water partition coefficient (Wildman–Crippen LogP) is 4.62. The van der Waals surface area contributed by atoms with Gasteiger partial charge < -0.3 is 5.32 Å². The highest BCUT2D eigenvalue weighted by atomic mass is 32.2. The van der Waals surface area contributed by atoms with Crippen LogP contribution in [0.4, 0.5) is 0 Å². The smallest absolute Gasteiger partial charge is 0.0317 e. The van der Waals surface area contributed by atoms with Gasteiger partial charge in [-0.25, -0.2) is 0 Å². The molecule has 2 aromatic carbocycles. The first-order valence-corrected chi connectivity index (χ1v) is 8.37. The van der Waals surface area contributed by atoms with Crippen molar-refractivity contribution in [1.29, 1.82) is 0 Å². The van der Waals surface area contributed by atoms with Crippen LogP contribution in [-0.4, -0.2) is 12.3 Å². The van der Waals surface area contributed by atoms with E-state index in [1.54, 1.807) is 0 Å². The summed E-state index contributed by atoms with van der Waals surface area (Å²) in [5.74, 6) is 1.85. The molecule has 1 nitrogen and oxygen atoms in total. The fourth-order valence-corrected chi connectivity index (χ4v) is 4.12. The first-order chi connectivity index (χ1) is 9.88. The molecule has 2 unspecified atom stereocenters. The highest BCUT2D eigenvalue weighted by Gasteiger charge is 2.23. The van der Waals surface area contributed by atoms with E-state index >= 15 is 0 Å². The first kappa shape index (κ1) is 13.7. The van der Waals surface area contributed by atoms with E-state index in [-0.39, 0.29) is 0 Å². The van der Waals surface area contributed by atoms with Crippen LogP contribution >= 0.6 is 11.8 Å². The van der Waals surface area contributed by atoms with Gasteiger partial charge in [-0.2, -0.15) is 0 Å². The normalized spacial score (nSPS) is 18.8. The second-order valence-electron chi connectivity index (χ2n) is 5.33. The molecule has 0 saturated heterocycles. The predicted molar refractivity (Wildman–Crippen MR) is 87.4 cm³/mol. The van der Waals surface area contributed by atoms with Crippen LogP contribution < -0.4 is 5.32 Å². The van der Waals surface area contributed by atoms with E-state index in [1.807, 2.05) is 11.8 Å². The summed E-state index contributed by atoms with van der Waals surface area (Å²) in [5, 5.41) is 3.76. The van der Waals surface area contributed by atoms with E-state index in [1.165, 1.54) is 21.8 Å². The molecule has 2 heteroatoms. The van der Waals surface area contributed by atoms with Crippen molar-refractivity contribution in [2.45, 2.75) is 30.2 Å². The molecule has 0 fully saturated rings. The van der Waals surface area contributed by atoms with E-state index in [9.17, 15) is 0 Å². The molecule has 0 aromatic heterocycles. The zero-order valence-electron chi connectivity index (χ0n) is 11.9. The molecular formula is C18H21NS. The third-order valence-electron chi connectivity index (χ3n) is 4.02. The van der Waals surface area contributed by atoms with Gasteiger partial charge in [0.2, 0.25) is 0 Å². The summed E-state index contributed by atoms with van der Waals surface area (Å²) in [6.07, 6.45) is 1.13. The molecule has 1 heterocycles. The van der Waals surface area contributed by atoms with E-state index in [0.29, 0.717) is 12.0 Å². The Labute approximate surface area is 125 Å². The van der Waals surface area contributed by atoms with Crippen molar-refractivity contribution >= 4 is 11.8 Å². The van der Waals surface area contributed by atoms with Crippen molar-refractivity contribution in [3.05, 3.63) is 65.7 Å². The molecule has 3 rings (SSSR count). The fourth-order valence-electron chi connectivity index (χ4n) is 2.87. The number of nitrogens with one attached hydrogen (secondary N) is 1. The largest absolute Gasteiger partial charge is 0.309 e. The number of rotatable bonds is 5. The van der Waals surface area contributed by atoms with Gasteiger partial charge in [-0.1, -0.05) is 55.5 Å². The Morgan fingerprint density at radius 3 is 2.65 bits per heavy atom. The Morgan fingerprint density at radius 2 is 1.85 bits per heavy atom. The molecule has 1 aliphatic heterocycles. The monoisotopic (exact) mass is 283 g/mol. The molecule has 2 atom stereocenters. The molecule has 2 aromatic rings. The van der Waals surface area contributed by atoms with Gasteiger partial charge in [-0.05, 0) is 23.6 Å². The molecule has 1 N–H and O–H groups in total. The maximum atomic E-state index is 3.76. The molecule has 1 aliphatic rings. The molecule has 0 aliphatic carbocycles. The van der Waals surface area contributed by atoms with Crippen LogP contribution in [-0.2, 0) is 0 Å². The summed E-state index contributed by atoms with van der Waals surface area (Å²) in [6.45, 7) is 3.32. The Morgan fingerprint density at radius 1 is 1.10 bits per heavy atom. The molecule has 0 amide bonds. The van der Waals surface area contributed by atoms with Crippen molar-refractivity contribution in [2.24, 2.45) is 0 Å². The van der Waals surface area contributed by atoms with Crippen LogP contribution in [0.3, 0.4) is 0 Å². The lowest BCUT2D eigenvalue weighted by Gasteiger charge is -2.20. The number of hydrogen-bond donors (Lipinski definition) is 1. The Bertz CT molecular complexity index is 550. The molecule has 20 heavy (non-hydrogen) atoms. The SMILES string of the molecule is CCC(NCC1CSc2ccccc21)c1ccccc1. The summed E-state index contributed by atoms with van der Waals surface area (Å²) in [5.41, 5.74) is 2.92. The van der Waals surface area contributed by atoms with Gasteiger partial charge in [0.15, 0.2) is 0 Å². The Balaban J connectivity index is 1.65. The standard InChI is InChI=1S/C18H21NS/c1-2-17(14-8-4-3-5-9-14)19-12-15-13-20-18-11-7-6-10-16(15)18/h3-11,15,17,19H,2,12-13H2,1H3. The number of hydrogen-bond acceptors (Lipinski definition) is 2. The van der Waals surface area contributed by atoms with Crippen LogP contribution in [0.5, 0.6) is 0 Å². The lowest BCUT2D eigenvalue weighted by molar-refractivity contribution is 0.498. The Hall–Kier alpha value is -1.25. The van der Waals surface area contributed by atoms with Crippen molar-refractivity contribution in [2.75, 3.05) is 12.3 Å². The lowest BCUT2D eigenvalue weighted by Crippen LogP contribution is -2.26. The molecule has 0 bridgehead atoms. The zero-order valence-corrected chi connectivity index (χ0v) is 12.7. The molecule has 104 valence electrons. The van der Waals surface area contributed by atoms with Gasteiger partial charge in [-0.15, -0.1) is 11.8 Å². The van der Waals surface area contributed by atoms with E-state index in [4.69, 9.17) is 0 Å². The van der Waals surface area contributed by atoms with Crippen molar-refractivity contribution in [3.8, 4) is 0 Å². The van der Waals surface area contributed by atoms with Gasteiger partial charge in [0, 0.05) is 29.2 Å². The second kappa shape index (κ2) is 6.47. The minimum absolute atomic E-state index is 0.467. The Kier molecular flexibility index (Phi) is 4.44. The number of fused-ring (bicyclic) bond motifs is 1. The molecular weight excluding hydrogens is 262 g/mol. The number of benzene rings is 2. The summed E-state index contributed by atoms with van der Waals surface area (Å²) < 4.78 is 0. The number of thioether (sulfide) groups is 1. The maximum absolute atomic E-state index is 3.76.